The molecule has 2 aromatic rings. The van der Waals surface area contributed by atoms with E-state index in [1.807, 2.05) is 6.82 Å². The summed E-state index contributed by atoms with van der Waals surface area (Å²) in [5, 5.41) is 2.61. The van der Waals surface area contributed by atoms with Crippen LogP contribution in [0, 0.1) is 0 Å². The molecule has 90 valence electrons. The van der Waals surface area contributed by atoms with Gasteiger partial charge in [-0.3, -0.25) is 0 Å². The minimum absolute atomic E-state index is 0.0718. The smallest absolute Gasteiger partial charge is 0.405 e. The molecule has 1 heterocycles. The first-order valence-electron chi connectivity index (χ1n) is 6.64. The van der Waals surface area contributed by atoms with Gasteiger partial charge in [0.05, 0.1) is 12.2 Å². The van der Waals surface area contributed by atoms with Crippen LogP contribution in [0.3, 0.4) is 0 Å². The second-order valence-corrected chi connectivity index (χ2v) is 5.24. The Hall–Kier alpha value is -1.32. The van der Waals surface area contributed by atoms with Crippen LogP contribution in [0.5, 0.6) is 0 Å². The van der Waals surface area contributed by atoms with Crippen molar-refractivity contribution in [3.05, 3.63) is 47.5 Å². The lowest BCUT2D eigenvalue weighted by Gasteiger charge is -2.27. The zero-order chi connectivity index (χ0) is 12.1. The van der Waals surface area contributed by atoms with E-state index in [4.69, 9.17) is 9.31 Å². The molecule has 2 aliphatic rings. The summed E-state index contributed by atoms with van der Waals surface area (Å²) in [6, 6.07) is 13.1. The Labute approximate surface area is 107 Å². The first-order chi connectivity index (χ1) is 8.81. The third-order valence-corrected chi connectivity index (χ3v) is 4.05. The van der Waals surface area contributed by atoms with E-state index in [1.54, 1.807) is 0 Å². The molecule has 4 rings (SSSR count). The second kappa shape index (κ2) is 3.84. The molecule has 3 heteroatoms. The van der Waals surface area contributed by atoms with Crippen LogP contribution in [0.4, 0.5) is 0 Å². The van der Waals surface area contributed by atoms with E-state index in [0.717, 1.165) is 12.8 Å². The first kappa shape index (κ1) is 10.6. The lowest BCUT2D eigenvalue weighted by Crippen LogP contribution is -2.22. The predicted octanol–water partition coefficient (Wildman–Crippen LogP) is 3.36. The third-order valence-electron chi connectivity index (χ3n) is 4.05. The Balaban J connectivity index is 1.88. The molecule has 1 fully saturated rings. The van der Waals surface area contributed by atoms with Gasteiger partial charge in [-0.05, 0) is 47.6 Å². The maximum absolute atomic E-state index is 5.92. The van der Waals surface area contributed by atoms with Crippen LogP contribution in [0.15, 0.2) is 36.4 Å². The second-order valence-electron chi connectivity index (χ2n) is 5.24. The van der Waals surface area contributed by atoms with Crippen molar-refractivity contribution in [2.45, 2.75) is 31.9 Å². The molecule has 0 saturated carbocycles. The van der Waals surface area contributed by atoms with Gasteiger partial charge in [0.15, 0.2) is 0 Å². The number of aryl methyl sites for hydroxylation is 1. The summed E-state index contributed by atoms with van der Waals surface area (Å²) in [4.78, 5) is 0. The monoisotopic (exact) mass is 238 g/mol. The molecular weight excluding hydrogens is 223 g/mol. The van der Waals surface area contributed by atoms with Crippen molar-refractivity contribution in [1.29, 1.82) is 0 Å². The summed E-state index contributed by atoms with van der Waals surface area (Å²) >= 11 is 0. The molecule has 2 atom stereocenters. The zero-order valence-corrected chi connectivity index (χ0v) is 10.4. The number of hydrogen-bond donors (Lipinski definition) is 0. The molecule has 2 aromatic carbocycles. The first-order valence-corrected chi connectivity index (χ1v) is 6.64. The van der Waals surface area contributed by atoms with Gasteiger partial charge in [0, 0.05) is 0 Å². The minimum atomic E-state index is -0.0718. The van der Waals surface area contributed by atoms with Crippen LogP contribution >= 0.6 is 0 Å². The van der Waals surface area contributed by atoms with Gasteiger partial charge in [0.25, 0.3) is 0 Å². The van der Waals surface area contributed by atoms with E-state index >= 15 is 0 Å². The van der Waals surface area contributed by atoms with E-state index in [2.05, 4.69) is 36.4 Å². The Kier molecular flexibility index (Phi) is 2.26. The van der Waals surface area contributed by atoms with E-state index < -0.39 is 0 Å². The Morgan fingerprint density at radius 3 is 2.72 bits per heavy atom. The molecule has 2 nitrogen and oxygen atoms in total. The SMILES string of the molecule is CB1O[C@@H]2c3cc4ccccc4cc3CC[C@H]2O1. The Morgan fingerprint density at radius 2 is 1.89 bits per heavy atom. The molecule has 0 spiro atoms. The average Bonchev–Trinajstić information content (AvgIpc) is 2.77. The van der Waals surface area contributed by atoms with Crippen molar-refractivity contribution in [3.8, 4) is 0 Å². The summed E-state index contributed by atoms with van der Waals surface area (Å²) in [5.74, 6) is 0. The van der Waals surface area contributed by atoms with Crippen LogP contribution in [0.25, 0.3) is 10.8 Å². The molecule has 1 aliphatic heterocycles. The van der Waals surface area contributed by atoms with Crippen molar-refractivity contribution in [1.82, 2.24) is 0 Å². The van der Waals surface area contributed by atoms with Gasteiger partial charge >= 0.3 is 7.12 Å². The predicted molar refractivity (Wildman–Crippen MR) is 72.6 cm³/mol. The van der Waals surface area contributed by atoms with Crippen molar-refractivity contribution in [2.75, 3.05) is 0 Å². The van der Waals surface area contributed by atoms with Crippen molar-refractivity contribution in [3.63, 3.8) is 0 Å². The van der Waals surface area contributed by atoms with Gasteiger partial charge in [-0.15, -0.1) is 0 Å². The summed E-state index contributed by atoms with van der Waals surface area (Å²) in [5.41, 5.74) is 2.75. The average molecular weight is 238 g/mol. The molecule has 0 unspecified atom stereocenters. The maximum atomic E-state index is 5.92. The number of benzene rings is 2. The summed E-state index contributed by atoms with van der Waals surface area (Å²) in [7, 11) is -0.0718. The fraction of sp³-hybridized carbons (Fsp3) is 0.333. The van der Waals surface area contributed by atoms with E-state index in [-0.39, 0.29) is 19.3 Å². The Bertz CT molecular complexity index is 610. The number of fused-ring (bicyclic) bond motifs is 4. The van der Waals surface area contributed by atoms with Gasteiger partial charge in [0.2, 0.25) is 0 Å². The normalized spacial score (nSPS) is 26.2. The molecule has 0 radical (unpaired) electrons. The van der Waals surface area contributed by atoms with E-state index in [0.29, 0.717) is 0 Å². The van der Waals surface area contributed by atoms with Gasteiger partial charge in [-0.1, -0.05) is 30.3 Å². The van der Waals surface area contributed by atoms with Crippen LogP contribution in [0.2, 0.25) is 6.82 Å². The molecule has 0 amide bonds. The zero-order valence-electron chi connectivity index (χ0n) is 10.4. The highest BCUT2D eigenvalue weighted by Gasteiger charge is 2.40. The van der Waals surface area contributed by atoms with Crippen LogP contribution in [0.1, 0.15) is 23.7 Å². The molecular formula is C15H15BO2. The molecule has 0 bridgehead atoms. The standard InChI is InChI=1S/C15H15BO2/c1-16-17-14-7-6-12-8-10-4-2-3-5-11(10)9-13(12)15(14)18-16/h2-5,8-9,14-15H,6-7H2,1H3/t14-,15-/m1/s1. The maximum Gasteiger partial charge on any atom is 0.454 e. The van der Waals surface area contributed by atoms with Gasteiger partial charge in [-0.2, -0.15) is 0 Å². The van der Waals surface area contributed by atoms with Gasteiger partial charge in [-0.25, -0.2) is 0 Å². The molecule has 1 aliphatic carbocycles. The van der Waals surface area contributed by atoms with Crippen molar-refractivity contribution >= 4 is 17.9 Å². The van der Waals surface area contributed by atoms with E-state index in [1.165, 1.54) is 21.9 Å². The van der Waals surface area contributed by atoms with Crippen LogP contribution in [-0.4, -0.2) is 13.2 Å². The summed E-state index contributed by atoms with van der Waals surface area (Å²) in [6.45, 7) is 1.99. The number of hydrogen-bond acceptors (Lipinski definition) is 2. The molecule has 1 saturated heterocycles. The van der Waals surface area contributed by atoms with Gasteiger partial charge in [0.1, 0.15) is 0 Å². The third kappa shape index (κ3) is 1.51. The van der Waals surface area contributed by atoms with E-state index in [9.17, 15) is 0 Å². The van der Waals surface area contributed by atoms with Crippen LogP contribution < -0.4 is 0 Å². The highest BCUT2D eigenvalue weighted by molar-refractivity contribution is 6.43. The lowest BCUT2D eigenvalue weighted by molar-refractivity contribution is 0.138. The van der Waals surface area contributed by atoms with Crippen molar-refractivity contribution < 1.29 is 9.31 Å². The number of rotatable bonds is 0. The largest absolute Gasteiger partial charge is 0.454 e. The summed E-state index contributed by atoms with van der Waals surface area (Å²) < 4.78 is 11.7. The highest BCUT2D eigenvalue weighted by atomic mass is 16.7. The topological polar surface area (TPSA) is 18.5 Å². The Morgan fingerprint density at radius 1 is 1.11 bits per heavy atom. The quantitative estimate of drug-likeness (QED) is 0.655. The molecule has 0 aromatic heterocycles. The molecule has 18 heavy (non-hydrogen) atoms. The van der Waals surface area contributed by atoms with Crippen LogP contribution in [-0.2, 0) is 15.7 Å². The fourth-order valence-electron chi connectivity index (χ4n) is 3.22. The highest BCUT2D eigenvalue weighted by Crippen LogP contribution is 2.40. The summed E-state index contributed by atoms with van der Waals surface area (Å²) in [6.07, 6.45) is 2.54. The minimum Gasteiger partial charge on any atom is -0.405 e. The fourth-order valence-corrected chi connectivity index (χ4v) is 3.22. The molecule has 0 N–H and O–H groups in total. The van der Waals surface area contributed by atoms with Crippen molar-refractivity contribution in [2.24, 2.45) is 0 Å². The van der Waals surface area contributed by atoms with Gasteiger partial charge < -0.3 is 9.31 Å². The lowest BCUT2D eigenvalue weighted by atomic mass is 9.85.